The topological polar surface area (TPSA) is 63.9 Å². The zero-order valence-corrected chi connectivity index (χ0v) is 24.1. The molecule has 204 valence electrons. The number of thiazole rings is 1. The number of aromatic nitrogens is 1. The molecule has 0 saturated carbocycles. The van der Waals surface area contributed by atoms with E-state index in [9.17, 15) is 8.42 Å². The third-order valence-corrected chi connectivity index (χ3v) is 10.1. The number of piperidine rings is 1. The SMILES string of the molecule is COCCn1c(-c2ccc(S(=O)(=O)N3CCC(Cc4ccccc4)CC3)cc2)csc1=Nc1ccc(C)cc1. The van der Waals surface area contributed by atoms with Crippen LogP contribution in [0, 0.1) is 12.8 Å². The molecule has 0 atom stereocenters. The van der Waals surface area contributed by atoms with Gasteiger partial charge in [0.25, 0.3) is 0 Å². The van der Waals surface area contributed by atoms with Gasteiger partial charge in [-0.1, -0.05) is 60.2 Å². The lowest BCUT2D eigenvalue weighted by molar-refractivity contribution is 0.187. The van der Waals surface area contributed by atoms with Crippen molar-refractivity contribution in [2.24, 2.45) is 10.9 Å². The van der Waals surface area contributed by atoms with Crippen molar-refractivity contribution in [2.75, 3.05) is 26.8 Å². The summed E-state index contributed by atoms with van der Waals surface area (Å²) in [6.45, 7) is 4.39. The standard InChI is InChI=1S/C31H35N3O3S2/c1-24-8-12-28(13-9-24)32-31-34(20-21-37-2)30(23-38-31)27-10-14-29(15-11-27)39(35,36)33-18-16-26(17-19-33)22-25-6-4-3-5-7-25/h3-15,23,26H,16-22H2,1-2H3. The lowest BCUT2D eigenvalue weighted by atomic mass is 9.91. The fraction of sp³-hybridized carbons (Fsp3) is 0.323. The van der Waals surface area contributed by atoms with Gasteiger partial charge in [-0.15, -0.1) is 11.3 Å². The van der Waals surface area contributed by atoms with E-state index in [-0.39, 0.29) is 0 Å². The van der Waals surface area contributed by atoms with Crippen LogP contribution in [0.4, 0.5) is 5.69 Å². The third kappa shape index (κ3) is 6.58. The minimum absolute atomic E-state index is 0.344. The van der Waals surface area contributed by atoms with Crippen LogP contribution in [0.25, 0.3) is 11.3 Å². The van der Waals surface area contributed by atoms with Gasteiger partial charge < -0.3 is 9.30 Å². The van der Waals surface area contributed by atoms with Gasteiger partial charge in [0, 0.05) is 32.1 Å². The molecule has 8 heteroatoms. The molecule has 0 amide bonds. The number of aryl methyl sites for hydroxylation is 1. The average molecular weight is 562 g/mol. The molecule has 5 rings (SSSR count). The quantitative estimate of drug-likeness (QED) is 0.250. The summed E-state index contributed by atoms with van der Waals surface area (Å²) < 4.78 is 36.0. The van der Waals surface area contributed by atoms with Crippen LogP contribution >= 0.6 is 11.3 Å². The Morgan fingerprint density at radius 2 is 1.64 bits per heavy atom. The summed E-state index contributed by atoms with van der Waals surface area (Å²) in [6, 6.07) is 25.8. The van der Waals surface area contributed by atoms with E-state index in [4.69, 9.17) is 9.73 Å². The molecule has 6 nitrogen and oxygen atoms in total. The summed E-state index contributed by atoms with van der Waals surface area (Å²) in [6.07, 6.45) is 2.77. The molecule has 0 unspecified atom stereocenters. The molecule has 1 aromatic heterocycles. The minimum Gasteiger partial charge on any atom is -0.383 e. The number of rotatable bonds is 9. The molecule has 0 radical (unpaired) electrons. The van der Waals surface area contributed by atoms with Crippen LogP contribution in [0.15, 0.2) is 94.1 Å². The molecule has 2 heterocycles. The van der Waals surface area contributed by atoms with E-state index in [1.807, 2.05) is 30.3 Å². The number of nitrogens with zero attached hydrogens (tertiary/aromatic N) is 3. The predicted molar refractivity (Wildman–Crippen MR) is 158 cm³/mol. The Balaban J connectivity index is 1.32. The third-order valence-electron chi connectivity index (χ3n) is 7.30. The first-order valence-electron chi connectivity index (χ1n) is 13.4. The van der Waals surface area contributed by atoms with Crippen molar-refractivity contribution >= 4 is 27.0 Å². The largest absolute Gasteiger partial charge is 0.383 e. The minimum atomic E-state index is -3.53. The first-order chi connectivity index (χ1) is 18.9. The first-order valence-corrected chi connectivity index (χ1v) is 15.7. The van der Waals surface area contributed by atoms with Crippen LogP contribution in [-0.2, 0) is 27.7 Å². The van der Waals surface area contributed by atoms with Gasteiger partial charge in [-0.3, -0.25) is 0 Å². The lowest BCUT2D eigenvalue weighted by Crippen LogP contribution is -2.38. The maximum atomic E-state index is 13.4. The van der Waals surface area contributed by atoms with Crippen molar-refractivity contribution in [3.8, 4) is 11.3 Å². The van der Waals surface area contributed by atoms with Crippen LogP contribution in [0.5, 0.6) is 0 Å². The highest BCUT2D eigenvalue weighted by Crippen LogP contribution is 2.28. The Bertz CT molecular complexity index is 1530. The Morgan fingerprint density at radius 3 is 2.31 bits per heavy atom. The Morgan fingerprint density at radius 1 is 0.949 bits per heavy atom. The number of ether oxygens (including phenoxy) is 1. The number of hydrogen-bond donors (Lipinski definition) is 0. The molecule has 1 aliphatic rings. The summed E-state index contributed by atoms with van der Waals surface area (Å²) in [7, 11) is -1.84. The Labute approximate surface area is 235 Å². The summed E-state index contributed by atoms with van der Waals surface area (Å²) >= 11 is 1.57. The number of benzene rings is 3. The van der Waals surface area contributed by atoms with E-state index in [0.29, 0.717) is 37.1 Å². The predicted octanol–water partition coefficient (Wildman–Crippen LogP) is 6.05. The highest BCUT2D eigenvalue weighted by molar-refractivity contribution is 7.89. The average Bonchev–Trinajstić information content (AvgIpc) is 3.36. The normalized spacial score (nSPS) is 15.6. The van der Waals surface area contributed by atoms with Gasteiger partial charge in [0.2, 0.25) is 10.0 Å². The number of methoxy groups -OCH3 is 1. The molecule has 0 N–H and O–H groups in total. The van der Waals surface area contributed by atoms with E-state index >= 15 is 0 Å². The van der Waals surface area contributed by atoms with Gasteiger partial charge in [-0.25, -0.2) is 13.4 Å². The number of sulfonamides is 1. The van der Waals surface area contributed by atoms with E-state index in [1.54, 1.807) is 34.9 Å². The summed E-state index contributed by atoms with van der Waals surface area (Å²) in [5.74, 6) is 0.516. The van der Waals surface area contributed by atoms with Crippen molar-refractivity contribution in [1.82, 2.24) is 8.87 Å². The second-order valence-corrected chi connectivity index (χ2v) is 12.8. The number of hydrogen-bond acceptors (Lipinski definition) is 5. The van der Waals surface area contributed by atoms with E-state index < -0.39 is 10.0 Å². The molecular weight excluding hydrogens is 526 g/mol. The van der Waals surface area contributed by atoms with Gasteiger partial charge in [0.15, 0.2) is 4.80 Å². The van der Waals surface area contributed by atoms with Gasteiger partial charge in [-0.2, -0.15) is 4.31 Å². The van der Waals surface area contributed by atoms with Crippen molar-refractivity contribution in [3.63, 3.8) is 0 Å². The van der Waals surface area contributed by atoms with Gasteiger partial charge >= 0.3 is 0 Å². The van der Waals surface area contributed by atoms with Crippen LogP contribution in [0.2, 0.25) is 0 Å². The van der Waals surface area contributed by atoms with Crippen LogP contribution in [0.1, 0.15) is 24.0 Å². The molecule has 3 aromatic carbocycles. The van der Waals surface area contributed by atoms with Gasteiger partial charge in [0.05, 0.1) is 22.9 Å². The second-order valence-electron chi connectivity index (χ2n) is 10.1. The van der Waals surface area contributed by atoms with E-state index in [1.165, 1.54) is 11.1 Å². The summed E-state index contributed by atoms with van der Waals surface area (Å²) in [5, 5.41) is 2.07. The maximum absolute atomic E-state index is 13.4. The van der Waals surface area contributed by atoms with Crippen molar-refractivity contribution in [2.45, 2.75) is 37.6 Å². The van der Waals surface area contributed by atoms with Gasteiger partial charge in [0.1, 0.15) is 0 Å². The zero-order valence-electron chi connectivity index (χ0n) is 22.5. The fourth-order valence-electron chi connectivity index (χ4n) is 5.03. The fourth-order valence-corrected chi connectivity index (χ4v) is 7.45. The smallest absolute Gasteiger partial charge is 0.243 e. The van der Waals surface area contributed by atoms with E-state index in [0.717, 1.165) is 41.0 Å². The first kappa shape index (κ1) is 27.5. The lowest BCUT2D eigenvalue weighted by Gasteiger charge is -2.31. The van der Waals surface area contributed by atoms with Crippen molar-refractivity contribution in [3.05, 3.63) is 100 Å². The monoisotopic (exact) mass is 561 g/mol. The molecular formula is C31H35N3O3S2. The molecule has 0 spiro atoms. The molecule has 39 heavy (non-hydrogen) atoms. The van der Waals surface area contributed by atoms with Crippen LogP contribution in [0.3, 0.4) is 0 Å². The molecule has 1 aliphatic heterocycles. The molecule has 4 aromatic rings. The highest BCUT2D eigenvalue weighted by Gasteiger charge is 2.29. The summed E-state index contributed by atoms with van der Waals surface area (Å²) in [5.41, 5.74) is 5.36. The molecule has 0 bridgehead atoms. The summed E-state index contributed by atoms with van der Waals surface area (Å²) in [4.78, 5) is 6.07. The van der Waals surface area contributed by atoms with E-state index in [2.05, 4.69) is 53.3 Å². The second kappa shape index (κ2) is 12.4. The highest BCUT2D eigenvalue weighted by atomic mass is 32.2. The Hall–Kier alpha value is -3.04. The van der Waals surface area contributed by atoms with Crippen molar-refractivity contribution < 1.29 is 13.2 Å². The molecule has 1 saturated heterocycles. The molecule has 1 fully saturated rings. The van der Waals surface area contributed by atoms with Crippen molar-refractivity contribution in [1.29, 1.82) is 0 Å². The molecule has 0 aliphatic carbocycles. The zero-order chi connectivity index (χ0) is 27.2. The van der Waals surface area contributed by atoms with Crippen LogP contribution in [-0.4, -0.2) is 44.1 Å². The van der Waals surface area contributed by atoms with Crippen LogP contribution < -0.4 is 4.80 Å². The van der Waals surface area contributed by atoms with Gasteiger partial charge in [-0.05, 0) is 67.5 Å². The Kier molecular flexibility index (Phi) is 8.77. The maximum Gasteiger partial charge on any atom is 0.243 e.